The first kappa shape index (κ1) is 72.7. The van der Waals surface area contributed by atoms with Crippen LogP contribution in [0.2, 0.25) is 0 Å². The van der Waals surface area contributed by atoms with Crippen LogP contribution in [0.15, 0.2) is 24.3 Å². The fraction of sp³-hybridized carbons (Fsp3) is 0.925. The van der Waals surface area contributed by atoms with Crippen molar-refractivity contribution in [2.75, 3.05) is 13.2 Å². The van der Waals surface area contributed by atoms with E-state index in [1.54, 1.807) is 6.08 Å². The Morgan fingerprint density at radius 1 is 0.434 bits per heavy atom. The Balaban J connectivity index is 2.14. The molecule has 76 heavy (non-hydrogen) atoms. The first-order valence-corrected chi connectivity index (χ1v) is 33.6. The SMILES string of the molecule is CCCCCCCCCCCCCC/C=C\CCCCCCCCCCCCCCCCC(=O)NC(COC1OC(CO)C(O)C(O)C1O)C(O)/C=C/CCCCCCCCCCCCCCCCCCCCCCC. The normalized spacial score (nSPS) is 18.9. The number of hydrogen-bond acceptors (Lipinski definition) is 8. The second-order valence-corrected chi connectivity index (χ2v) is 23.6. The van der Waals surface area contributed by atoms with Gasteiger partial charge in [0, 0.05) is 6.42 Å². The summed E-state index contributed by atoms with van der Waals surface area (Å²) in [6.45, 7) is 3.83. The van der Waals surface area contributed by atoms with Gasteiger partial charge in [-0.1, -0.05) is 314 Å². The van der Waals surface area contributed by atoms with Crippen LogP contribution in [0.3, 0.4) is 0 Å². The van der Waals surface area contributed by atoms with Crippen LogP contribution in [-0.4, -0.2) is 87.5 Å². The number of rotatable bonds is 59. The summed E-state index contributed by atoms with van der Waals surface area (Å²) >= 11 is 0. The summed E-state index contributed by atoms with van der Waals surface area (Å²) in [5, 5.41) is 54.7. The molecule has 0 aromatic rings. The van der Waals surface area contributed by atoms with Crippen molar-refractivity contribution in [3.63, 3.8) is 0 Å². The lowest BCUT2D eigenvalue weighted by molar-refractivity contribution is -0.302. The predicted molar refractivity (Wildman–Crippen MR) is 323 cm³/mol. The van der Waals surface area contributed by atoms with Crippen molar-refractivity contribution in [1.82, 2.24) is 5.32 Å². The molecule has 1 fully saturated rings. The van der Waals surface area contributed by atoms with Gasteiger partial charge in [-0.05, 0) is 44.9 Å². The second kappa shape index (κ2) is 56.9. The van der Waals surface area contributed by atoms with Gasteiger partial charge in [0.05, 0.1) is 25.4 Å². The van der Waals surface area contributed by atoms with Crippen LogP contribution in [0, 0.1) is 0 Å². The van der Waals surface area contributed by atoms with Gasteiger partial charge in [0.1, 0.15) is 24.4 Å². The molecule has 1 rings (SSSR count). The van der Waals surface area contributed by atoms with E-state index in [0.717, 1.165) is 38.5 Å². The van der Waals surface area contributed by atoms with Crippen molar-refractivity contribution < 1.29 is 39.8 Å². The average molecular weight is 1080 g/mol. The Hall–Kier alpha value is -1.33. The fourth-order valence-corrected chi connectivity index (χ4v) is 11.0. The monoisotopic (exact) mass is 1080 g/mol. The summed E-state index contributed by atoms with van der Waals surface area (Å²) in [6.07, 6.45) is 67.0. The fourth-order valence-electron chi connectivity index (χ4n) is 11.0. The third kappa shape index (κ3) is 45.4. The molecule has 0 radical (unpaired) electrons. The van der Waals surface area contributed by atoms with Gasteiger partial charge < -0.3 is 40.3 Å². The molecule has 450 valence electrons. The summed E-state index contributed by atoms with van der Waals surface area (Å²) < 4.78 is 11.3. The molecule has 1 amide bonds. The zero-order valence-corrected chi connectivity index (χ0v) is 50.3. The van der Waals surface area contributed by atoms with Gasteiger partial charge in [-0.3, -0.25) is 4.79 Å². The van der Waals surface area contributed by atoms with Crippen LogP contribution in [0.4, 0.5) is 0 Å². The molecule has 0 spiro atoms. The van der Waals surface area contributed by atoms with Crippen molar-refractivity contribution in [2.24, 2.45) is 0 Å². The number of aliphatic hydroxyl groups excluding tert-OH is 5. The molecule has 7 atom stereocenters. The van der Waals surface area contributed by atoms with Crippen molar-refractivity contribution in [1.29, 1.82) is 0 Å². The summed E-state index contributed by atoms with van der Waals surface area (Å²) in [7, 11) is 0. The third-order valence-electron chi connectivity index (χ3n) is 16.3. The van der Waals surface area contributed by atoms with Crippen LogP contribution in [-0.2, 0) is 14.3 Å². The number of amides is 1. The minimum Gasteiger partial charge on any atom is -0.394 e. The van der Waals surface area contributed by atoms with Crippen LogP contribution in [0.1, 0.15) is 341 Å². The van der Waals surface area contributed by atoms with Gasteiger partial charge >= 0.3 is 0 Å². The highest BCUT2D eigenvalue weighted by Crippen LogP contribution is 2.23. The predicted octanol–water partition coefficient (Wildman–Crippen LogP) is 17.7. The van der Waals surface area contributed by atoms with Gasteiger partial charge in [-0.25, -0.2) is 0 Å². The molecule has 0 aliphatic carbocycles. The Labute approximate surface area is 470 Å². The van der Waals surface area contributed by atoms with E-state index >= 15 is 0 Å². The largest absolute Gasteiger partial charge is 0.394 e. The molecule has 0 aromatic heterocycles. The zero-order chi connectivity index (χ0) is 55.0. The van der Waals surface area contributed by atoms with Crippen molar-refractivity contribution >= 4 is 5.91 Å². The minimum absolute atomic E-state index is 0.170. The third-order valence-corrected chi connectivity index (χ3v) is 16.3. The first-order chi connectivity index (χ1) is 37.3. The van der Waals surface area contributed by atoms with Gasteiger partial charge in [-0.15, -0.1) is 0 Å². The van der Waals surface area contributed by atoms with E-state index in [1.807, 2.05) is 6.08 Å². The molecular formula is C67H129NO8. The summed E-state index contributed by atoms with van der Waals surface area (Å²) in [5.74, 6) is -0.170. The minimum atomic E-state index is -1.57. The lowest BCUT2D eigenvalue weighted by Gasteiger charge is -2.40. The van der Waals surface area contributed by atoms with Crippen LogP contribution >= 0.6 is 0 Å². The standard InChI is InChI=1S/C67H129NO8/c1-3-5-7-9-11-13-15-17-19-21-23-25-27-28-29-30-31-32-33-35-37-39-41-43-45-47-49-51-53-55-57-63(71)68-60(59-75-67-66(74)65(73)64(72)62(58-69)76-67)61(70)56-54-52-50-48-46-44-42-40-38-36-34-26-24-22-20-18-16-14-12-10-8-6-4-2/h28-29,54,56,60-62,64-67,69-70,72-74H,3-27,30-53,55,57-59H2,1-2H3,(H,68,71)/b29-28-,56-54+. The average Bonchev–Trinajstić information content (AvgIpc) is 3.42. The number of nitrogens with one attached hydrogen (secondary N) is 1. The Morgan fingerprint density at radius 2 is 0.737 bits per heavy atom. The van der Waals surface area contributed by atoms with E-state index in [2.05, 4.69) is 31.3 Å². The molecule has 1 aliphatic rings. The van der Waals surface area contributed by atoms with Crippen molar-refractivity contribution in [2.45, 2.75) is 384 Å². The van der Waals surface area contributed by atoms with E-state index in [0.29, 0.717) is 6.42 Å². The maximum absolute atomic E-state index is 13.1. The van der Waals surface area contributed by atoms with E-state index in [9.17, 15) is 30.3 Å². The van der Waals surface area contributed by atoms with Gasteiger partial charge in [-0.2, -0.15) is 0 Å². The van der Waals surface area contributed by atoms with Gasteiger partial charge in [0.15, 0.2) is 6.29 Å². The summed E-state index contributed by atoms with van der Waals surface area (Å²) in [5.41, 5.74) is 0. The van der Waals surface area contributed by atoms with Gasteiger partial charge in [0.2, 0.25) is 5.91 Å². The molecule has 1 heterocycles. The zero-order valence-electron chi connectivity index (χ0n) is 50.3. The van der Waals surface area contributed by atoms with E-state index in [1.165, 1.54) is 283 Å². The van der Waals surface area contributed by atoms with Crippen LogP contribution < -0.4 is 5.32 Å². The van der Waals surface area contributed by atoms with Crippen LogP contribution in [0.25, 0.3) is 0 Å². The highest BCUT2D eigenvalue weighted by molar-refractivity contribution is 5.76. The highest BCUT2D eigenvalue weighted by atomic mass is 16.7. The quantitative estimate of drug-likeness (QED) is 0.0261. The smallest absolute Gasteiger partial charge is 0.220 e. The lowest BCUT2D eigenvalue weighted by Crippen LogP contribution is -2.60. The van der Waals surface area contributed by atoms with E-state index in [-0.39, 0.29) is 12.5 Å². The van der Waals surface area contributed by atoms with E-state index in [4.69, 9.17) is 9.47 Å². The van der Waals surface area contributed by atoms with Crippen LogP contribution in [0.5, 0.6) is 0 Å². The van der Waals surface area contributed by atoms with E-state index < -0.39 is 49.5 Å². The summed E-state index contributed by atoms with van der Waals surface area (Å²) in [6, 6.07) is -0.804. The molecule has 0 saturated carbocycles. The number of hydrogen-bond donors (Lipinski definition) is 6. The maximum Gasteiger partial charge on any atom is 0.220 e. The number of carbonyl (C=O) groups is 1. The Morgan fingerprint density at radius 3 is 1.07 bits per heavy atom. The molecule has 0 bridgehead atoms. The lowest BCUT2D eigenvalue weighted by atomic mass is 9.99. The molecule has 1 saturated heterocycles. The molecule has 9 heteroatoms. The molecule has 1 aliphatic heterocycles. The van der Waals surface area contributed by atoms with Gasteiger partial charge in [0.25, 0.3) is 0 Å². The summed E-state index contributed by atoms with van der Waals surface area (Å²) in [4.78, 5) is 13.1. The number of carbonyl (C=O) groups excluding carboxylic acids is 1. The maximum atomic E-state index is 13.1. The molecule has 9 nitrogen and oxygen atoms in total. The molecular weight excluding hydrogens is 947 g/mol. The number of allylic oxidation sites excluding steroid dienone is 3. The topological polar surface area (TPSA) is 149 Å². The van der Waals surface area contributed by atoms with Crippen molar-refractivity contribution in [3.05, 3.63) is 24.3 Å². The number of unbranched alkanes of at least 4 members (excludes halogenated alkanes) is 47. The van der Waals surface area contributed by atoms with Crippen molar-refractivity contribution in [3.8, 4) is 0 Å². The number of ether oxygens (including phenoxy) is 2. The number of aliphatic hydroxyl groups is 5. The Kier molecular flexibility index (Phi) is 54.4. The molecule has 7 unspecified atom stereocenters. The Bertz CT molecular complexity index is 1250. The highest BCUT2D eigenvalue weighted by Gasteiger charge is 2.44. The first-order valence-electron chi connectivity index (χ1n) is 33.6. The molecule has 0 aromatic carbocycles. The second-order valence-electron chi connectivity index (χ2n) is 23.6. The molecule has 6 N–H and O–H groups in total.